The van der Waals surface area contributed by atoms with Crippen LogP contribution in [0.25, 0.3) is 165 Å². The standard InChI is InChI=1S/C120H105BN6O2/c1-115(2,3)72-47-55-98-88(64-72)89-65-73(116(4,5)6)48-56-99(89)123(98)79-52-54-93-107(69-79)127(104-45-29-37-86-84-35-27-43-102(111(84)128-113(86)104)124-96-41-25-21-33-82(96)83-34-22-26-42-97(83)124)109-62-71(70-59-76(119(13,14)15)63-77(60-70)120(16,17)18)61-108-110(109)121(93)92-53-51-78(122-94-39-23-19-31-80(94)81-32-20-24-40-95(81)122)68-106(92)126(108)105-46-30-38-87-85-36-28-44-103(112(85)129-114(87)105)125-100-57-49-74(117(7,8)9)66-90(100)91-67-75(118(10,11)12)50-58-101(91)125/h19-69H,1-18H3/i19D,20D,21D,22D,23D,24D,25D,26D,31D,32D,33D,34D,39D,40D,41D,42D. The van der Waals surface area contributed by atoms with Crippen LogP contribution < -0.4 is 26.2 Å². The fraction of sp³-hybridized carbons (Fsp3) is 0.200. The van der Waals surface area contributed by atoms with Crippen LogP contribution in [0.3, 0.4) is 0 Å². The second-order valence-corrected chi connectivity index (χ2v) is 41.8. The van der Waals surface area contributed by atoms with Gasteiger partial charge in [-0.05, 0) is 227 Å². The lowest BCUT2D eigenvalue weighted by Crippen LogP contribution is -2.61. The van der Waals surface area contributed by atoms with Crippen LogP contribution in [-0.2, 0) is 32.5 Å². The van der Waals surface area contributed by atoms with E-state index in [2.05, 4.69) is 313 Å². The molecule has 0 amide bonds. The summed E-state index contributed by atoms with van der Waals surface area (Å²) in [7, 11) is 0. The Bertz CT molecular complexity index is 9310. The van der Waals surface area contributed by atoms with Gasteiger partial charge in [-0.15, -0.1) is 0 Å². The third kappa shape index (κ3) is 11.8. The van der Waals surface area contributed by atoms with Crippen molar-refractivity contribution in [3.8, 4) is 33.9 Å². The zero-order valence-electron chi connectivity index (χ0n) is 91.8. The zero-order chi connectivity index (χ0) is 102. The molecule has 0 saturated heterocycles. The first-order valence-corrected chi connectivity index (χ1v) is 44.7. The fourth-order valence-electron chi connectivity index (χ4n) is 20.7. The molecule has 22 aromatic rings. The van der Waals surface area contributed by atoms with Crippen LogP contribution in [-0.4, -0.2) is 25.0 Å². The van der Waals surface area contributed by atoms with Gasteiger partial charge in [-0.1, -0.05) is 300 Å². The Morgan fingerprint density at radius 3 is 0.853 bits per heavy atom. The number of furan rings is 2. The van der Waals surface area contributed by atoms with Crippen molar-refractivity contribution in [1.82, 2.24) is 18.3 Å². The van der Waals surface area contributed by atoms with E-state index < -0.39 is 114 Å². The first-order valence-electron chi connectivity index (χ1n) is 52.7. The Morgan fingerprint density at radius 2 is 0.512 bits per heavy atom. The van der Waals surface area contributed by atoms with Crippen molar-refractivity contribution in [3.05, 3.63) is 342 Å². The lowest BCUT2D eigenvalue weighted by Gasteiger charge is -2.44. The summed E-state index contributed by atoms with van der Waals surface area (Å²) in [5.41, 5.74) is 21.0. The summed E-state index contributed by atoms with van der Waals surface area (Å²) in [6.45, 7) is 39.5. The van der Waals surface area contributed by atoms with Crippen LogP contribution in [0.2, 0.25) is 0 Å². The minimum absolute atomic E-state index is 0.0434. The van der Waals surface area contributed by atoms with E-state index in [0.29, 0.717) is 56.0 Å². The molecule has 0 atom stereocenters. The number of anilines is 6. The molecule has 8 nitrogen and oxygen atoms in total. The van der Waals surface area contributed by atoms with Crippen molar-refractivity contribution in [2.24, 2.45) is 0 Å². The van der Waals surface area contributed by atoms with Crippen LogP contribution in [0.5, 0.6) is 0 Å². The first-order chi connectivity index (χ1) is 68.4. The van der Waals surface area contributed by atoms with Gasteiger partial charge in [0.05, 0.1) is 88.8 Å². The zero-order valence-corrected chi connectivity index (χ0v) is 75.8. The van der Waals surface area contributed by atoms with Crippen molar-refractivity contribution in [1.29, 1.82) is 0 Å². The molecule has 0 spiro atoms. The lowest BCUT2D eigenvalue weighted by molar-refractivity contribution is 0.569. The maximum Gasteiger partial charge on any atom is 0.252 e. The first kappa shape index (κ1) is 63.0. The van der Waals surface area contributed by atoms with Gasteiger partial charge in [-0.25, -0.2) is 0 Å². The largest absolute Gasteiger partial charge is 0.452 e. The summed E-state index contributed by atoms with van der Waals surface area (Å²) in [6, 6.07) is 67.4. The van der Waals surface area contributed by atoms with E-state index in [-0.39, 0.29) is 76.5 Å². The Labute approximate surface area is 776 Å². The number of fused-ring (bicyclic) bond motifs is 22. The van der Waals surface area contributed by atoms with E-state index in [1.807, 2.05) is 36.4 Å². The van der Waals surface area contributed by atoms with E-state index in [9.17, 15) is 19.2 Å². The van der Waals surface area contributed by atoms with E-state index in [4.69, 9.17) is 11.6 Å². The summed E-state index contributed by atoms with van der Waals surface area (Å²) < 4.78 is 176. The number of hydrogen-bond acceptors (Lipinski definition) is 4. The number of benzene rings is 16. The molecule has 16 aromatic carbocycles. The highest BCUT2D eigenvalue weighted by Gasteiger charge is 2.46. The number of para-hydroxylation sites is 8. The Hall–Kier alpha value is -14.0. The summed E-state index contributed by atoms with van der Waals surface area (Å²) >= 11 is 0. The van der Waals surface area contributed by atoms with E-state index in [1.165, 1.54) is 26.8 Å². The molecule has 129 heavy (non-hydrogen) atoms. The molecule has 0 unspecified atom stereocenters. The third-order valence-corrected chi connectivity index (χ3v) is 27.5. The summed E-state index contributed by atoms with van der Waals surface area (Å²) in [5, 5.41) is 6.92. The molecule has 9 heteroatoms. The molecule has 630 valence electrons. The fourth-order valence-corrected chi connectivity index (χ4v) is 20.7. The molecule has 0 fully saturated rings. The second-order valence-electron chi connectivity index (χ2n) is 41.8. The maximum absolute atomic E-state index is 10.1. The van der Waals surface area contributed by atoms with Gasteiger partial charge in [0.2, 0.25) is 0 Å². The summed E-state index contributed by atoms with van der Waals surface area (Å²) in [4.78, 5) is 4.58. The quantitative estimate of drug-likeness (QED) is 0.149. The SMILES string of the molecule is [2H]c1c([2H])c([2H])c2c(c1[2H])c1c([2H])c([2H])c([2H])c([2H])c1n2-c1ccc2c(c1)N(c1cccc3c1oc1c(-n4c5ccc(C(C)(C)C)cc5c5cc(C(C)(C)C)ccc54)cccc13)c1cc(-c3cc(C(C)(C)C)cc(C(C)(C)C)c3)cc3c1B2c1ccc(-n2c4ccc(C(C)(C)C)cc4c4cc(C(C)(C)C)ccc42)cc1N3c1cccc2c1oc1c(-n3c4c([2H])c([2H])c([2H])c([2H])c4c4c([2H])c([2H])c([2H])c([2H])c43)cccc12. The molecular weight excluding hydrogens is 1570 g/mol. The molecule has 0 radical (unpaired) electrons. The minimum atomic E-state index is -0.731. The Kier molecular flexibility index (Phi) is 13.3. The second kappa shape index (κ2) is 27.3. The third-order valence-electron chi connectivity index (χ3n) is 27.5. The Balaban J connectivity index is 0.866. The molecule has 2 aliphatic rings. The summed E-state index contributed by atoms with van der Waals surface area (Å²) in [6.07, 6.45) is 0. The highest BCUT2D eigenvalue weighted by atomic mass is 16.3. The predicted octanol–water partition coefficient (Wildman–Crippen LogP) is 31.4. The van der Waals surface area contributed by atoms with Crippen molar-refractivity contribution in [2.75, 3.05) is 9.80 Å². The van der Waals surface area contributed by atoms with E-state index in [0.717, 1.165) is 116 Å². The van der Waals surface area contributed by atoms with Crippen LogP contribution in [0.1, 0.15) is 180 Å². The predicted molar refractivity (Wildman–Crippen MR) is 550 cm³/mol. The topological polar surface area (TPSA) is 52.5 Å². The van der Waals surface area contributed by atoms with Crippen LogP contribution in [0.15, 0.2) is 318 Å². The lowest BCUT2D eigenvalue weighted by atomic mass is 9.33. The molecule has 6 aromatic heterocycles. The van der Waals surface area contributed by atoms with Gasteiger partial charge < -0.3 is 36.9 Å². The highest BCUT2D eigenvalue weighted by Crippen LogP contribution is 2.54. The van der Waals surface area contributed by atoms with Crippen LogP contribution in [0.4, 0.5) is 34.1 Å². The number of nitrogens with zero attached hydrogens (tertiary/aromatic N) is 6. The van der Waals surface area contributed by atoms with Gasteiger partial charge in [0.15, 0.2) is 22.3 Å². The van der Waals surface area contributed by atoms with Crippen LogP contribution >= 0.6 is 0 Å². The van der Waals surface area contributed by atoms with Crippen molar-refractivity contribution in [2.45, 2.75) is 157 Å². The molecule has 0 N–H and O–H groups in total. The molecular formula is C120H105BN6O2. The van der Waals surface area contributed by atoms with E-state index >= 15 is 0 Å². The highest BCUT2D eigenvalue weighted by molar-refractivity contribution is 7.00. The normalized spacial score (nSPS) is 15.3. The van der Waals surface area contributed by atoms with Gasteiger partial charge in [0.25, 0.3) is 6.71 Å². The molecule has 0 aliphatic carbocycles. The number of aromatic nitrogens is 4. The molecule has 0 saturated carbocycles. The van der Waals surface area contributed by atoms with Crippen molar-refractivity contribution in [3.63, 3.8) is 0 Å². The maximum atomic E-state index is 10.1. The molecule has 24 rings (SSSR count). The molecule has 0 bridgehead atoms. The Morgan fingerprint density at radius 1 is 0.225 bits per heavy atom. The van der Waals surface area contributed by atoms with Crippen molar-refractivity contribution >= 4 is 188 Å². The number of hydrogen-bond donors (Lipinski definition) is 0. The van der Waals surface area contributed by atoms with Crippen molar-refractivity contribution < 1.29 is 30.8 Å². The average molecular weight is 1690 g/mol. The average Bonchev–Trinajstić information content (AvgIpc) is 1.69. The summed E-state index contributed by atoms with van der Waals surface area (Å²) in [5.74, 6) is 0. The van der Waals surface area contributed by atoms with Gasteiger partial charge in [0.1, 0.15) is 0 Å². The molecule has 8 heterocycles. The molecule has 2 aliphatic heterocycles. The van der Waals surface area contributed by atoms with Gasteiger partial charge >= 0.3 is 0 Å². The minimum Gasteiger partial charge on any atom is -0.452 e. The van der Waals surface area contributed by atoms with Gasteiger partial charge in [-0.2, -0.15) is 0 Å². The van der Waals surface area contributed by atoms with Crippen LogP contribution in [0, 0.1) is 0 Å². The van der Waals surface area contributed by atoms with Gasteiger partial charge in [0, 0.05) is 98.8 Å². The number of rotatable bonds is 7. The van der Waals surface area contributed by atoms with Gasteiger partial charge in [-0.3, -0.25) is 0 Å². The van der Waals surface area contributed by atoms with E-state index in [1.54, 1.807) is 10.6 Å². The smallest absolute Gasteiger partial charge is 0.252 e. The monoisotopic (exact) mass is 1690 g/mol.